The summed E-state index contributed by atoms with van der Waals surface area (Å²) in [7, 11) is 0. The van der Waals surface area contributed by atoms with E-state index in [2.05, 4.69) is 4.98 Å². The number of hydrogen-bond donors (Lipinski definition) is 1. The van der Waals surface area contributed by atoms with Crippen LogP contribution in [0, 0.1) is 5.82 Å². The third-order valence-corrected chi connectivity index (χ3v) is 6.31. The highest BCUT2D eigenvalue weighted by molar-refractivity contribution is 7.99. The number of benzene rings is 3. The second-order valence-electron chi connectivity index (χ2n) is 7.75. The first-order valence-electron chi connectivity index (χ1n) is 10.3. The average Bonchev–Trinajstić information content (AvgIpc) is 2.75. The zero-order chi connectivity index (χ0) is 22.7. The van der Waals surface area contributed by atoms with E-state index >= 15 is 0 Å². The van der Waals surface area contributed by atoms with Crippen LogP contribution in [0.15, 0.2) is 86.2 Å². The van der Waals surface area contributed by atoms with Crippen LogP contribution in [0.4, 0.5) is 4.39 Å². The van der Waals surface area contributed by atoms with Crippen molar-refractivity contribution in [1.82, 2.24) is 9.55 Å². The maximum atomic E-state index is 13.4. The molecule has 5 nitrogen and oxygen atoms in total. The van der Waals surface area contributed by atoms with Crippen LogP contribution >= 0.6 is 11.8 Å². The molecule has 0 aliphatic carbocycles. The number of ether oxygens (including phenoxy) is 1. The summed E-state index contributed by atoms with van der Waals surface area (Å²) in [6.45, 7) is 3.90. The number of aromatic nitrogens is 2. The molecule has 1 heterocycles. The van der Waals surface area contributed by atoms with Gasteiger partial charge in [0.05, 0.1) is 17.2 Å². The molecule has 4 aromatic rings. The molecule has 0 spiro atoms. The Balaban J connectivity index is 1.73. The van der Waals surface area contributed by atoms with Crippen molar-refractivity contribution in [2.45, 2.75) is 43.0 Å². The lowest BCUT2D eigenvalue weighted by Gasteiger charge is -2.18. The first-order valence-corrected chi connectivity index (χ1v) is 11.1. The summed E-state index contributed by atoms with van der Waals surface area (Å²) in [4.78, 5) is 28.8. The van der Waals surface area contributed by atoms with Crippen LogP contribution in [0.1, 0.15) is 30.9 Å². The Morgan fingerprint density at radius 1 is 1.03 bits per heavy atom. The quantitative estimate of drug-likeness (QED) is 0.389. The van der Waals surface area contributed by atoms with E-state index in [1.54, 1.807) is 12.1 Å². The van der Waals surface area contributed by atoms with Gasteiger partial charge in [-0.15, -0.1) is 0 Å². The summed E-state index contributed by atoms with van der Waals surface area (Å²) in [6, 6.07) is 20.0. The van der Waals surface area contributed by atoms with Gasteiger partial charge in [0.2, 0.25) is 0 Å². The van der Waals surface area contributed by atoms with Crippen LogP contribution in [0.25, 0.3) is 10.8 Å². The topological polar surface area (TPSA) is 64.1 Å². The Morgan fingerprint density at radius 2 is 1.78 bits per heavy atom. The Bertz CT molecular complexity index is 1370. The number of nitrogens with zero attached hydrogens (tertiary/aromatic N) is 1. The molecule has 0 amide bonds. The molecule has 1 aromatic heterocycles. The van der Waals surface area contributed by atoms with Gasteiger partial charge in [0.25, 0.3) is 5.56 Å². The van der Waals surface area contributed by atoms with Gasteiger partial charge >= 0.3 is 5.69 Å². The van der Waals surface area contributed by atoms with Crippen molar-refractivity contribution >= 4 is 22.5 Å². The maximum absolute atomic E-state index is 13.4. The molecule has 0 radical (unpaired) electrons. The van der Waals surface area contributed by atoms with Crippen LogP contribution in [0.5, 0.6) is 0 Å². The van der Waals surface area contributed by atoms with Crippen LogP contribution in [-0.2, 0) is 18.1 Å². The lowest BCUT2D eigenvalue weighted by Crippen LogP contribution is -2.35. The Kier molecular flexibility index (Phi) is 6.58. The third kappa shape index (κ3) is 4.69. The molecule has 7 heteroatoms. The van der Waals surface area contributed by atoms with Crippen molar-refractivity contribution in [2.75, 3.05) is 0 Å². The van der Waals surface area contributed by atoms with Crippen molar-refractivity contribution in [3.05, 3.63) is 105 Å². The minimum atomic E-state index is -0.540. The highest BCUT2D eigenvalue weighted by Crippen LogP contribution is 2.35. The van der Waals surface area contributed by atoms with Crippen molar-refractivity contribution in [1.29, 1.82) is 0 Å². The van der Waals surface area contributed by atoms with E-state index in [1.165, 1.54) is 28.5 Å². The van der Waals surface area contributed by atoms with E-state index in [9.17, 15) is 14.0 Å². The average molecular weight is 451 g/mol. The van der Waals surface area contributed by atoms with Gasteiger partial charge in [-0.05, 0) is 40.5 Å². The zero-order valence-corrected chi connectivity index (χ0v) is 18.6. The molecule has 0 unspecified atom stereocenters. The molecular weight excluding hydrogens is 427 g/mol. The Hall–Kier alpha value is -3.16. The third-order valence-electron chi connectivity index (χ3n) is 5.10. The number of H-pyrrole nitrogens is 1. The second kappa shape index (κ2) is 9.54. The van der Waals surface area contributed by atoms with Gasteiger partial charge in [-0.3, -0.25) is 14.3 Å². The van der Waals surface area contributed by atoms with Gasteiger partial charge in [-0.2, -0.15) is 0 Å². The van der Waals surface area contributed by atoms with Gasteiger partial charge in [-0.25, -0.2) is 9.18 Å². The largest absolute Gasteiger partial charge is 0.356 e. The predicted octanol–water partition coefficient (Wildman–Crippen LogP) is 5.28. The van der Waals surface area contributed by atoms with Crippen molar-refractivity contribution in [3.63, 3.8) is 0 Å². The summed E-state index contributed by atoms with van der Waals surface area (Å²) in [5, 5.41) is 2.66. The standard InChI is InChI=1S/C25H23FN2O3S/c1-16(2)22-23(29)27-25(30)28(15-31-14-17-7-5-10-19(26)13-17)24(22)32-21-12-6-9-18-8-3-4-11-20(18)21/h3-13,16H,14-15H2,1-2H3,(H,27,29,30). The normalized spacial score (nSPS) is 11.4. The number of rotatable bonds is 7. The Labute approximate surface area is 188 Å². The molecule has 32 heavy (non-hydrogen) atoms. The summed E-state index contributed by atoms with van der Waals surface area (Å²) in [5.74, 6) is -0.451. The molecule has 0 saturated heterocycles. The molecule has 4 rings (SSSR count). The van der Waals surface area contributed by atoms with Crippen LogP contribution in [0.2, 0.25) is 0 Å². The molecule has 1 N–H and O–H groups in total. The fraction of sp³-hybridized carbons (Fsp3) is 0.200. The minimum Gasteiger partial charge on any atom is -0.356 e. The van der Waals surface area contributed by atoms with E-state index < -0.39 is 11.2 Å². The van der Waals surface area contributed by atoms with Gasteiger partial charge in [0, 0.05) is 4.90 Å². The molecule has 0 aliphatic heterocycles. The molecule has 164 valence electrons. The van der Waals surface area contributed by atoms with Crippen molar-refractivity contribution in [3.8, 4) is 0 Å². The fourth-order valence-corrected chi connectivity index (χ4v) is 4.91. The zero-order valence-electron chi connectivity index (χ0n) is 17.8. The van der Waals surface area contributed by atoms with E-state index in [-0.39, 0.29) is 25.1 Å². The van der Waals surface area contributed by atoms with E-state index in [0.29, 0.717) is 16.2 Å². The van der Waals surface area contributed by atoms with Crippen molar-refractivity contribution < 1.29 is 9.13 Å². The first-order chi connectivity index (χ1) is 15.4. The molecule has 3 aromatic carbocycles. The van der Waals surface area contributed by atoms with E-state index in [0.717, 1.165) is 15.7 Å². The molecular formula is C25H23FN2O3S. The van der Waals surface area contributed by atoms with Gasteiger partial charge in [0.1, 0.15) is 12.5 Å². The monoisotopic (exact) mass is 450 g/mol. The fourth-order valence-electron chi connectivity index (χ4n) is 3.57. The van der Waals surface area contributed by atoms with E-state index in [1.807, 2.05) is 56.3 Å². The lowest BCUT2D eigenvalue weighted by molar-refractivity contribution is 0.0548. The smallest absolute Gasteiger partial charge is 0.331 e. The highest BCUT2D eigenvalue weighted by atomic mass is 32.2. The summed E-state index contributed by atoms with van der Waals surface area (Å²) < 4.78 is 20.6. The SMILES string of the molecule is CC(C)c1c(Sc2cccc3ccccc23)n(COCc2cccc(F)c2)c(=O)[nH]c1=O. The van der Waals surface area contributed by atoms with Crippen LogP contribution in [-0.4, -0.2) is 9.55 Å². The van der Waals surface area contributed by atoms with Crippen LogP contribution < -0.4 is 11.2 Å². The van der Waals surface area contributed by atoms with Crippen LogP contribution in [0.3, 0.4) is 0 Å². The minimum absolute atomic E-state index is 0.0705. The molecule has 0 aliphatic rings. The van der Waals surface area contributed by atoms with E-state index in [4.69, 9.17) is 4.74 Å². The number of hydrogen-bond acceptors (Lipinski definition) is 4. The molecule has 0 atom stereocenters. The number of aromatic amines is 1. The maximum Gasteiger partial charge on any atom is 0.331 e. The second-order valence-corrected chi connectivity index (χ2v) is 8.78. The molecule has 0 bridgehead atoms. The summed E-state index contributed by atoms with van der Waals surface area (Å²) in [6.07, 6.45) is 0. The number of halogens is 1. The highest BCUT2D eigenvalue weighted by Gasteiger charge is 2.20. The lowest BCUT2D eigenvalue weighted by atomic mass is 10.1. The predicted molar refractivity (Wildman–Crippen MR) is 125 cm³/mol. The summed E-state index contributed by atoms with van der Waals surface area (Å²) >= 11 is 1.38. The van der Waals surface area contributed by atoms with Gasteiger partial charge in [-0.1, -0.05) is 74.1 Å². The number of fused-ring (bicyclic) bond motifs is 1. The van der Waals surface area contributed by atoms with Gasteiger partial charge in [0.15, 0.2) is 0 Å². The Morgan fingerprint density at radius 3 is 2.56 bits per heavy atom. The van der Waals surface area contributed by atoms with Gasteiger partial charge < -0.3 is 4.74 Å². The first kappa shape index (κ1) is 22.0. The van der Waals surface area contributed by atoms with Crippen molar-refractivity contribution in [2.24, 2.45) is 0 Å². The molecule has 0 saturated carbocycles. The summed E-state index contributed by atoms with van der Waals surface area (Å²) in [5.41, 5.74) is 0.252. The molecule has 0 fully saturated rings. The number of nitrogens with one attached hydrogen (secondary N) is 1.